The zero-order valence-electron chi connectivity index (χ0n) is 14.0. The Hall–Kier alpha value is -1.66. The quantitative estimate of drug-likeness (QED) is 0.854. The molecule has 4 heterocycles. The fourth-order valence-electron chi connectivity index (χ4n) is 3.71. The van der Waals surface area contributed by atoms with Crippen molar-refractivity contribution in [2.45, 2.75) is 38.8 Å². The minimum atomic E-state index is 0.240. The fourth-order valence-corrected chi connectivity index (χ4v) is 4.41. The molecule has 0 spiro atoms. The second kappa shape index (κ2) is 7.07. The maximum atomic E-state index is 12.5. The number of aromatic nitrogens is 2. The van der Waals surface area contributed by atoms with Crippen LogP contribution in [-0.4, -0.2) is 51.4 Å². The first kappa shape index (κ1) is 15.8. The van der Waals surface area contributed by atoms with Gasteiger partial charge in [-0.25, -0.2) is 4.98 Å². The van der Waals surface area contributed by atoms with Crippen LogP contribution in [0.2, 0.25) is 0 Å². The van der Waals surface area contributed by atoms with Gasteiger partial charge in [-0.3, -0.25) is 9.69 Å². The molecule has 0 radical (unpaired) electrons. The SMILES string of the molecule is O=C(Cc1cccs1)N1CCc2ncc(CN3CCCC3)n2CC1. The van der Waals surface area contributed by atoms with Gasteiger partial charge in [-0.15, -0.1) is 11.3 Å². The first-order valence-electron chi connectivity index (χ1n) is 8.85. The Labute approximate surface area is 146 Å². The van der Waals surface area contributed by atoms with Gasteiger partial charge in [-0.2, -0.15) is 0 Å². The van der Waals surface area contributed by atoms with Crippen molar-refractivity contribution in [3.8, 4) is 0 Å². The number of rotatable bonds is 4. The summed E-state index contributed by atoms with van der Waals surface area (Å²) in [6.07, 6.45) is 6.05. The predicted octanol–water partition coefficient (Wildman–Crippen LogP) is 2.17. The number of hydrogen-bond donors (Lipinski definition) is 0. The van der Waals surface area contributed by atoms with E-state index in [0.29, 0.717) is 6.42 Å². The van der Waals surface area contributed by atoms with Crippen LogP contribution in [0.15, 0.2) is 23.7 Å². The number of fused-ring (bicyclic) bond motifs is 1. The first-order valence-corrected chi connectivity index (χ1v) is 9.73. The van der Waals surface area contributed by atoms with Crippen molar-refractivity contribution in [2.24, 2.45) is 0 Å². The molecule has 128 valence electrons. The third kappa shape index (κ3) is 3.39. The summed E-state index contributed by atoms with van der Waals surface area (Å²) in [5.41, 5.74) is 1.31. The topological polar surface area (TPSA) is 41.4 Å². The maximum absolute atomic E-state index is 12.5. The van der Waals surface area contributed by atoms with Crippen molar-refractivity contribution < 1.29 is 4.79 Å². The van der Waals surface area contributed by atoms with Crippen LogP contribution in [0, 0.1) is 0 Å². The Kier molecular flexibility index (Phi) is 4.67. The van der Waals surface area contributed by atoms with Crippen molar-refractivity contribution in [1.29, 1.82) is 0 Å². The number of likely N-dealkylation sites (tertiary alicyclic amines) is 1. The smallest absolute Gasteiger partial charge is 0.227 e. The third-order valence-corrected chi connectivity index (χ3v) is 5.94. The summed E-state index contributed by atoms with van der Waals surface area (Å²) in [4.78, 5) is 22.8. The van der Waals surface area contributed by atoms with E-state index in [1.54, 1.807) is 11.3 Å². The van der Waals surface area contributed by atoms with E-state index in [0.717, 1.165) is 43.3 Å². The van der Waals surface area contributed by atoms with Gasteiger partial charge >= 0.3 is 0 Å². The summed E-state index contributed by atoms with van der Waals surface area (Å²) >= 11 is 1.66. The number of carbonyl (C=O) groups excluding carboxylic acids is 1. The van der Waals surface area contributed by atoms with Crippen LogP contribution < -0.4 is 0 Å². The standard InChI is InChI=1S/C18H24N4OS/c23-18(12-16-4-3-11-24-16)21-8-5-17-19-13-15(22(17)10-9-21)14-20-6-1-2-7-20/h3-4,11,13H,1-2,5-10,12,14H2. The van der Waals surface area contributed by atoms with Crippen molar-refractivity contribution in [3.63, 3.8) is 0 Å². The average Bonchev–Trinajstić information content (AvgIpc) is 3.30. The lowest BCUT2D eigenvalue weighted by Gasteiger charge is -2.20. The number of thiophene rings is 1. The van der Waals surface area contributed by atoms with Gasteiger partial charge in [0.25, 0.3) is 0 Å². The molecule has 5 nitrogen and oxygen atoms in total. The molecule has 4 rings (SSSR count). The molecule has 6 heteroatoms. The molecule has 0 atom stereocenters. The Bertz CT molecular complexity index is 688. The van der Waals surface area contributed by atoms with Crippen LogP contribution in [-0.2, 0) is 30.7 Å². The van der Waals surface area contributed by atoms with Gasteiger partial charge in [0, 0.05) is 43.7 Å². The zero-order valence-corrected chi connectivity index (χ0v) is 14.8. The van der Waals surface area contributed by atoms with Crippen molar-refractivity contribution in [2.75, 3.05) is 26.2 Å². The number of nitrogens with zero attached hydrogens (tertiary/aromatic N) is 4. The molecule has 1 saturated heterocycles. The van der Waals surface area contributed by atoms with Crippen LogP contribution in [0.4, 0.5) is 0 Å². The van der Waals surface area contributed by atoms with Crippen molar-refractivity contribution in [3.05, 3.63) is 40.1 Å². The molecule has 0 aromatic carbocycles. The van der Waals surface area contributed by atoms with Gasteiger partial charge in [0.2, 0.25) is 5.91 Å². The Balaban J connectivity index is 1.40. The molecule has 1 amide bonds. The minimum absolute atomic E-state index is 0.240. The van der Waals surface area contributed by atoms with E-state index in [-0.39, 0.29) is 5.91 Å². The van der Waals surface area contributed by atoms with Crippen LogP contribution in [0.5, 0.6) is 0 Å². The van der Waals surface area contributed by atoms with E-state index in [9.17, 15) is 4.79 Å². The molecular weight excluding hydrogens is 320 g/mol. The monoisotopic (exact) mass is 344 g/mol. The number of imidazole rings is 1. The zero-order chi connectivity index (χ0) is 16.4. The van der Waals surface area contributed by atoms with E-state index in [1.807, 2.05) is 28.6 Å². The van der Waals surface area contributed by atoms with Crippen molar-refractivity contribution in [1.82, 2.24) is 19.4 Å². The van der Waals surface area contributed by atoms with Crippen LogP contribution in [0.25, 0.3) is 0 Å². The normalized spacial score (nSPS) is 18.6. The highest BCUT2D eigenvalue weighted by atomic mass is 32.1. The maximum Gasteiger partial charge on any atom is 0.227 e. The van der Waals surface area contributed by atoms with E-state index >= 15 is 0 Å². The molecule has 0 bridgehead atoms. The molecule has 0 saturated carbocycles. The van der Waals surface area contributed by atoms with Gasteiger partial charge in [0.1, 0.15) is 5.82 Å². The summed E-state index contributed by atoms with van der Waals surface area (Å²) < 4.78 is 2.34. The van der Waals surface area contributed by atoms with E-state index in [1.165, 1.54) is 31.6 Å². The highest BCUT2D eigenvalue weighted by Gasteiger charge is 2.22. The summed E-state index contributed by atoms with van der Waals surface area (Å²) in [7, 11) is 0. The van der Waals surface area contributed by atoms with Crippen LogP contribution in [0.1, 0.15) is 29.2 Å². The highest BCUT2D eigenvalue weighted by molar-refractivity contribution is 7.10. The molecule has 2 aromatic heterocycles. The third-order valence-electron chi connectivity index (χ3n) is 5.06. The molecular formula is C18H24N4OS. The largest absolute Gasteiger partial charge is 0.340 e. The fraction of sp³-hybridized carbons (Fsp3) is 0.556. The minimum Gasteiger partial charge on any atom is -0.340 e. The van der Waals surface area contributed by atoms with Gasteiger partial charge in [0.15, 0.2) is 0 Å². The van der Waals surface area contributed by atoms with Crippen molar-refractivity contribution >= 4 is 17.2 Å². The Morgan fingerprint density at radius 3 is 2.83 bits per heavy atom. The predicted molar refractivity (Wildman–Crippen MR) is 95.0 cm³/mol. The van der Waals surface area contributed by atoms with E-state index in [4.69, 9.17) is 0 Å². The summed E-state index contributed by atoms with van der Waals surface area (Å²) in [5.74, 6) is 1.37. The summed E-state index contributed by atoms with van der Waals surface area (Å²) in [6.45, 7) is 5.84. The molecule has 1 fully saturated rings. The Morgan fingerprint density at radius 2 is 2.04 bits per heavy atom. The van der Waals surface area contributed by atoms with E-state index < -0.39 is 0 Å². The summed E-state index contributed by atoms with van der Waals surface area (Å²) in [6, 6.07) is 4.05. The molecule has 0 N–H and O–H groups in total. The van der Waals surface area contributed by atoms with Gasteiger partial charge in [0.05, 0.1) is 12.1 Å². The molecule has 2 aliphatic rings. The number of amides is 1. The number of carbonyl (C=O) groups is 1. The molecule has 24 heavy (non-hydrogen) atoms. The second-order valence-corrected chi connectivity index (χ2v) is 7.72. The lowest BCUT2D eigenvalue weighted by atomic mass is 10.3. The molecule has 2 aliphatic heterocycles. The Morgan fingerprint density at radius 1 is 1.17 bits per heavy atom. The van der Waals surface area contributed by atoms with Crippen LogP contribution in [0.3, 0.4) is 0 Å². The lowest BCUT2D eigenvalue weighted by Crippen LogP contribution is -2.34. The average molecular weight is 344 g/mol. The molecule has 0 aliphatic carbocycles. The van der Waals surface area contributed by atoms with Gasteiger partial charge < -0.3 is 9.47 Å². The van der Waals surface area contributed by atoms with E-state index in [2.05, 4.69) is 14.5 Å². The van der Waals surface area contributed by atoms with Crippen LogP contribution >= 0.6 is 11.3 Å². The van der Waals surface area contributed by atoms with Gasteiger partial charge in [-0.05, 0) is 37.4 Å². The summed E-state index contributed by atoms with van der Waals surface area (Å²) in [5, 5.41) is 2.03. The molecule has 0 unspecified atom stereocenters. The lowest BCUT2D eigenvalue weighted by molar-refractivity contribution is -0.130. The molecule has 2 aromatic rings. The van der Waals surface area contributed by atoms with Gasteiger partial charge in [-0.1, -0.05) is 6.07 Å². The second-order valence-electron chi connectivity index (χ2n) is 6.69. The number of hydrogen-bond acceptors (Lipinski definition) is 4. The first-order chi connectivity index (χ1) is 11.8. The highest BCUT2D eigenvalue weighted by Crippen LogP contribution is 2.17.